The van der Waals surface area contributed by atoms with E-state index in [0.29, 0.717) is 0 Å². The molecule has 1 N–H and O–H groups in total. The van der Waals surface area contributed by atoms with E-state index in [1.165, 1.54) is 0 Å². The number of fused-ring (bicyclic) bond motifs is 1. The van der Waals surface area contributed by atoms with E-state index in [-0.39, 0.29) is 11.4 Å². The van der Waals surface area contributed by atoms with Gasteiger partial charge < -0.3 is 4.40 Å². The summed E-state index contributed by atoms with van der Waals surface area (Å²) in [5, 5.41) is 0. The maximum atomic E-state index is 12.7. The number of hydrogen-bond donors (Lipinski definition) is 1. The third-order valence-corrected chi connectivity index (χ3v) is 5.71. The van der Waals surface area contributed by atoms with Gasteiger partial charge in [-0.15, -0.1) is 0 Å². The van der Waals surface area contributed by atoms with E-state index in [4.69, 9.17) is 0 Å². The smallest absolute Gasteiger partial charge is 0.240 e. The Labute approximate surface area is 157 Å². The van der Waals surface area contributed by atoms with Crippen molar-refractivity contribution >= 4 is 15.7 Å². The second-order valence-corrected chi connectivity index (χ2v) is 8.03. The van der Waals surface area contributed by atoms with Crippen molar-refractivity contribution in [1.82, 2.24) is 19.1 Å². The zero-order valence-electron chi connectivity index (χ0n) is 14.7. The summed E-state index contributed by atoms with van der Waals surface area (Å²) >= 11 is 0. The first-order chi connectivity index (χ1) is 13.0. The molecule has 3 heterocycles. The Morgan fingerprint density at radius 3 is 2.78 bits per heavy atom. The molecule has 4 rings (SSSR count). The van der Waals surface area contributed by atoms with Gasteiger partial charge in [0.25, 0.3) is 0 Å². The van der Waals surface area contributed by atoms with Crippen molar-refractivity contribution in [3.05, 3.63) is 84.4 Å². The third kappa shape index (κ3) is 3.60. The third-order valence-electron chi connectivity index (χ3n) is 4.31. The molecular weight excluding hydrogens is 360 g/mol. The summed E-state index contributed by atoms with van der Waals surface area (Å²) in [6, 6.07) is 14.4. The van der Waals surface area contributed by atoms with Gasteiger partial charge in [0.15, 0.2) is 0 Å². The summed E-state index contributed by atoms with van der Waals surface area (Å²) in [6.07, 6.45) is 7.11. The number of pyridine rings is 2. The minimum Gasteiger partial charge on any atom is -0.306 e. The van der Waals surface area contributed by atoms with Gasteiger partial charge >= 0.3 is 0 Å². The van der Waals surface area contributed by atoms with Crippen molar-refractivity contribution in [2.24, 2.45) is 0 Å². The van der Waals surface area contributed by atoms with Gasteiger partial charge in [0.2, 0.25) is 10.0 Å². The van der Waals surface area contributed by atoms with Crippen LogP contribution in [0.15, 0.2) is 78.2 Å². The fourth-order valence-electron chi connectivity index (χ4n) is 2.88. The number of nitrogens with one attached hydrogen (secondary N) is 1. The lowest BCUT2D eigenvalue weighted by atomic mass is 10.2. The lowest BCUT2D eigenvalue weighted by Crippen LogP contribution is -2.23. The number of aryl methyl sites for hydroxylation is 1. The van der Waals surface area contributed by atoms with Crippen molar-refractivity contribution in [3.63, 3.8) is 0 Å². The lowest BCUT2D eigenvalue weighted by Gasteiger charge is -2.07. The van der Waals surface area contributed by atoms with E-state index < -0.39 is 10.0 Å². The second-order valence-electron chi connectivity index (χ2n) is 6.26. The zero-order valence-corrected chi connectivity index (χ0v) is 15.5. The highest BCUT2D eigenvalue weighted by molar-refractivity contribution is 7.89. The number of rotatable bonds is 5. The molecule has 0 unspecified atom stereocenters. The normalized spacial score (nSPS) is 11.7. The number of imidazole rings is 1. The van der Waals surface area contributed by atoms with Gasteiger partial charge in [-0.1, -0.05) is 24.3 Å². The van der Waals surface area contributed by atoms with Crippen molar-refractivity contribution in [1.29, 1.82) is 0 Å². The van der Waals surface area contributed by atoms with Crippen LogP contribution in [0.2, 0.25) is 0 Å². The first kappa shape index (κ1) is 17.4. The predicted octanol–water partition coefficient (Wildman–Crippen LogP) is 3.18. The maximum Gasteiger partial charge on any atom is 0.240 e. The standard InChI is InChI=1S/C20H18N4O2S/c1-15-5-4-10-24-14-19(23-20(15)24)17-7-2-8-18(11-17)27(25,26)22-13-16-6-3-9-21-12-16/h2-12,14,22H,13H2,1H3. The van der Waals surface area contributed by atoms with Crippen LogP contribution in [0.1, 0.15) is 11.1 Å². The predicted molar refractivity (Wildman–Crippen MR) is 104 cm³/mol. The van der Waals surface area contributed by atoms with Gasteiger partial charge in [-0.2, -0.15) is 0 Å². The molecule has 4 aromatic rings. The van der Waals surface area contributed by atoms with Crippen molar-refractivity contribution in [3.8, 4) is 11.3 Å². The Morgan fingerprint density at radius 2 is 2.00 bits per heavy atom. The molecule has 136 valence electrons. The van der Waals surface area contributed by atoms with Crippen LogP contribution in [0.3, 0.4) is 0 Å². The number of benzene rings is 1. The van der Waals surface area contributed by atoms with Crippen LogP contribution in [0.25, 0.3) is 16.9 Å². The van der Waals surface area contributed by atoms with Crippen LogP contribution in [-0.2, 0) is 16.6 Å². The molecule has 7 heteroatoms. The average molecular weight is 378 g/mol. The summed E-state index contributed by atoms with van der Waals surface area (Å²) in [4.78, 5) is 8.84. The Bertz CT molecular complexity index is 1200. The highest BCUT2D eigenvalue weighted by atomic mass is 32.2. The number of sulfonamides is 1. The van der Waals surface area contributed by atoms with Crippen molar-refractivity contribution < 1.29 is 8.42 Å². The first-order valence-corrected chi connectivity index (χ1v) is 9.94. The van der Waals surface area contributed by atoms with Crippen LogP contribution in [0.5, 0.6) is 0 Å². The highest BCUT2D eigenvalue weighted by Gasteiger charge is 2.15. The molecule has 0 atom stereocenters. The molecule has 6 nitrogen and oxygen atoms in total. The molecule has 3 aromatic heterocycles. The van der Waals surface area contributed by atoms with Crippen molar-refractivity contribution in [2.75, 3.05) is 0 Å². The van der Waals surface area contributed by atoms with E-state index >= 15 is 0 Å². The molecule has 0 bridgehead atoms. The van der Waals surface area contributed by atoms with Gasteiger partial charge in [-0.25, -0.2) is 18.1 Å². The summed E-state index contributed by atoms with van der Waals surface area (Å²) < 4.78 is 29.9. The number of aromatic nitrogens is 3. The molecule has 0 saturated heterocycles. The Morgan fingerprint density at radius 1 is 1.11 bits per heavy atom. The lowest BCUT2D eigenvalue weighted by molar-refractivity contribution is 0.581. The van der Waals surface area contributed by atoms with Crippen molar-refractivity contribution in [2.45, 2.75) is 18.4 Å². The molecule has 0 radical (unpaired) electrons. The van der Waals surface area contributed by atoms with E-state index in [0.717, 1.165) is 28.0 Å². The summed E-state index contributed by atoms with van der Waals surface area (Å²) in [5.41, 5.74) is 4.20. The van der Waals surface area contributed by atoms with Gasteiger partial charge in [0.1, 0.15) is 5.65 Å². The SMILES string of the molecule is Cc1cccn2cc(-c3cccc(S(=O)(=O)NCc4cccnc4)c3)nc12. The van der Waals surface area contributed by atoms with Crippen LogP contribution in [0, 0.1) is 6.92 Å². The molecule has 0 aliphatic heterocycles. The molecule has 1 aromatic carbocycles. The fourth-order valence-corrected chi connectivity index (χ4v) is 3.94. The first-order valence-electron chi connectivity index (χ1n) is 8.46. The highest BCUT2D eigenvalue weighted by Crippen LogP contribution is 2.23. The minimum atomic E-state index is -3.64. The van der Waals surface area contributed by atoms with Gasteiger partial charge in [0.05, 0.1) is 10.6 Å². The van der Waals surface area contributed by atoms with Gasteiger partial charge in [0, 0.05) is 36.9 Å². The average Bonchev–Trinajstić information content (AvgIpc) is 3.13. The molecular formula is C20H18N4O2S. The molecule has 0 amide bonds. The number of nitrogens with zero attached hydrogens (tertiary/aromatic N) is 3. The number of hydrogen-bond acceptors (Lipinski definition) is 4. The summed E-state index contributed by atoms with van der Waals surface area (Å²) in [5.74, 6) is 0. The monoisotopic (exact) mass is 378 g/mol. The second kappa shape index (κ2) is 6.94. The van der Waals surface area contributed by atoms with Crippen LogP contribution in [-0.4, -0.2) is 22.8 Å². The molecule has 0 fully saturated rings. The van der Waals surface area contributed by atoms with E-state index in [1.807, 2.05) is 48.0 Å². The van der Waals surface area contributed by atoms with Gasteiger partial charge in [-0.3, -0.25) is 4.98 Å². The van der Waals surface area contributed by atoms with Gasteiger partial charge in [-0.05, 0) is 42.3 Å². The fraction of sp³-hybridized carbons (Fsp3) is 0.100. The van der Waals surface area contributed by atoms with E-state index in [1.54, 1.807) is 36.7 Å². The molecule has 0 aliphatic carbocycles. The Kier molecular flexibility index (Phi) is 4.47. The quantitative estimate of drug-likeness (QED) is 0.579. The van der Waals surface area contributed by atoms with E-state index in [9.17, 15) is 8.42 Å². The summed E-state index contributed by atoms with van der Waals surface area (Å²) in [7, 11) is -3.64. The van der Waals surface area contributed by atoms with Crippen LogP contribution >= 0.6 is 0 Å². The zero-order chi connectivity index (χ0) is 18.9. The Balaban J connectivity index is 1.64. The Hall–Kier alpha value is -3.03. The maximum absolute atomic E-state index is 12.7. The van der Waals surface area contributed by atoms with Crippen LogP contribution < -0.4 is 4.72 Å². The van der Waals surface area contributed by atoms with Crippen LogP contribution in [0.4, 0.5) is 0 Å². The topological polar surface area (TPSA) is 76.4 Å². The minimum absolute atomic E-state index is 0.188. The molecule has 0 aliphatic rings. The van der Waals surface area contributed by atoms with E-state index in [2.05, 4.69) is 14.7 Å². The largest absolute Gasteiger partial charge is 0.306 e. The molecule has 0 spiro atoms. The molecule has 0 saturated carbocycles. The molecule has 27 heavy (non-hydrogen) atoms. The summed E-state index contributed by atoms with van der Waals surface area (Å²) in [6.45, 7) is 2.18.